The van der Waals surface area contributed by atoms with Crippen molar-refractivity contribution in [1.29, 1.82) is 0 Å². The lowest BCUT2D eigenvalue weighted by molar-refractivity contribution is 0.834. The van der Waals surface area contributed by atoms with Gasteiger partial charge in [-0.2, -0.15) is 16.9 Å². The van der Waals surface area contributed by atoms with Gasteiger partial charge in [-0.15, -0.1) is 5.11 Å². The molecule has 1 aromatic heterocycles. The number of hydrogen-bond donors (Lipinski definition) is 0. The molecule has 0 unspecified atom stereocenters. The van der Waals surface area contributed by atoms with Crippen LogP contribution < -0.4 is 4.90 Å². The van der Waals surface area contributed by atoms with E-state index in [1.165, 1.54) is 5.56 Å². The first-order valence-electron chi connectivity index (χ1n) is 9.48. The number of rotatable bonds is 5. The molecule has 1 aliphatic rings. The number of thioether (sulfide) groups is 1. The molecule has 142 valence electrons. The van der Waals surface area contributed by atoms with Gasteiger partial charge in [0, 0.05) is 36.2 Å². The summed E-state index contributed by atoms with van der Waals surface area (Å²) in [5.41, 5.74) is 3.37. The molecule has 5 nitrogen and oxygen atoms in total. The Balaban J connectivity index is 1.62. The minimum atomic E-state index is 0.544. The highest BCUT2D eigenvalue weighted by molar-refractivity contribution is 7.99. The Hall–Kier alpha value is -2.73. The molecular weight excluding hydrogens is 366 g/mol. The Labute approximate surface area is 169 Å². The van der Waals surface area contributed by atoms with Crippen molar-refractivity contribution in [3.05, 3.63) is 71.8 Å². The second kappa shape index (κ2) is 8.97. The Bertz CT molecular complexity index is 952. The van der Waals surface area contributed by atoms with Crippen LogP contribution in [0.5, 0.6) is 0 Å². The van der Waals surface area contributed by atoms with Gasteiger partial charge in [0.2, 0.25) is 0 Å². The van der Waals surface area contributed by atoms with Gasteiger partial charge in [0.05, 0.1) is 6.54 Å². The van der Waals surface area contributed by atoms with Gasteiger partial charge in [-0.05, 0) is 12.5 Å². The summed E-state index contributed by atoms with van der Waals surface area (Å²) in [7, 11) is 0. The Morgan fingerprint density at radius 3 is 2.57 bits per heavy atom. The number of benzene rings is 2. The van der Waals surface area contributed by atoms with Crippen LogP contribution in [0, 0.1) is 6.92 Å². The Kier molecular flexibility index (Phi) is 5.97. The summed E-state index contributed by atoms with van der Waals surface area (Å²) in [6.07, 6.45) is 0. The van der Waals surface area contributed by atoms with E-state index in [1.807, 2.05) is 54.2 Å². The number of aromatic nitrogens is 2. The number of hydrogen-bond acceptors (Lipinski definition) is 6. The number of anilines is 1. The van der Waals surface area contributed by atoms with E-state index in [1.54, 1.807) is 0 Å². The normalized spacial score (nSPS) is 14.5. The fraction of sp³-hybridized carbons (Fsp3) is 0.273. The number of aryl methyl sites for hydroxylation is 1. The smallest absolute Gasteiger partial charge is 0.179 e. The Morgan fingerprint density at radius 1 is 0.964 bits per heavy atom. The van der Waals surface area contributed by atoms with E-state index < -0.39 is 0 Å². The lowest BCUT2D eigenvalue weighted by atomic mass is 10.1. The third-order valence-corrected chi connectivity index (χ3v) is 5.52. The lowest BCUT2D eigenvalue weighted by Crippen LogP contribution is -2.33. The van der Waals surface area contributed by atoms with Gasteiger partial charge in [-0.1, -0.05) is 60.2 Å². The van der Waals surface area contributed by atoms with Crippen LogP contribution in [0.3, 0.4) is 0 Å². The van der Waals surface area contributed by atoms with Crippen molar-refractivity contribution in [2.75, 3.05) is 29.5 Å². The SMILES string of the molecule is Cc1cccc(CN=Nc2cc(N3CCSCC3)nc(-c3ccccc3)n2)c1. The van der Waals surface area contributed by atoms with Crippen molar-refractivity contribution >= 4 is 23.4 Å². The standard InChI is InChI=1S/C22H23N5S/c1-17-6-5-7-18(14-17)16-23-26-20-15-21(27-10-12-28-13-11-27)25-22(24-20)19-8-3-2-4-9-19/h2-9,14-15H,10-13,16H2,1H3. The summed E-state index contributed by atoms with van der Waals surface area (Å²) >= 11 is 1.98. The number of azo groups is 1. The van der Waals surface area contributed by atoms with Gasteiger partial charge in [-0.25, -0.2) is 9.97 Å². The molecule has 0 spiro atoms. The zero-order valence-electron chi connectivity index (χ0n) is 16.0. The number of nitrogens with zero attached hydrogens (tertiary/aromatic N) is 5. The van der Waals surface area contributed by atoms with Gasteiger partial charge < -0.3 is 4.90 Å². The quantitative estimate of drug-likeness (QED) is 0.557. The summed E-state index contributed by atoms with van der Waals surface area (Å²) < 4.78 is 0. The molecule has 0 aliphatic carbocycles. The molecule has 0 radical (unpaired) electrons. The summed E-state index contributed by atoms with van der Waals surface area (Å²) in [6, 6.07) is 20.3. The average Bonchev–Trinajstić information content (AvgIpc) is 2.75. The van der Waals surface area contributed by atoms with E-state index in [2.05, 4.69) is 45.2 Å². The van der Waals surface area contributed by atoms with Crippen LogP contribution in [0.25, 0.3) is 11.4 Å². The lowest BCUT2D eigenvalue weighted by Gasteiger charge is -2.27. The molecule has 4 rings (SSSR count). The second-order valence-electron chi connectivity index (χ2n) is 6.76. The van der Waals surface area contributed by atoms with E-state index in [0.717, 1.165) is 41.5 Å². The van der Waals surface area contributed by atoms with Gasteiger partial charge in [0.15, 0.2) is 11.6 Å². The molecule has 1 fully saturated rings. The van der Waals surface area contributed by atoms with Crippen molar-refractivity contribution in [3.63, 3.8) is 0 Å². The van der Waals surface area contributed by atoms with Gasteiger partial charge in [0.1, 0.15) is 5.82 Å². The van der Waals surface area contributed by atoms with E-state index in [4.69, 9.17) is 4.98 Å². The molecule has 6 heteroatoms. The molecule has 1 saturated heterocycles. The molecule has 3 aromatic rings. The average molecular weight is 390 g/mol. The highest BCUT2D eigenvalue weighted by Crippen LogP contribution is 2.26. The molecule has 2 heterocycles. The van der Waals surface area contributed by atoms with Crippen molar-refractivity contribution < 1.29 is 0 Å². The zero-order chi connectivity index (χ0) is 19.2. The maximum absolute atomic E-state index is 4.81. The molecule has 0 amide bonds. The first-order chi connectivity index (χ1) is 13.8. The molecule has 0 saturated carbocycles. The summed E-state index contributed by atoms with van der Waals surface area (Å²) in [6.45, 7) is 4.62. The monoisotopic (exact) mass is 389 g/mol. The summed E-state index contributed by atoms with van der Waals surface area (Å²) in [5.74, 6) is 4.47. The predicted octanol–water partition coefficient (Wildman–Crippen LogP) is 5.29. The van der Waals surface area contributed by atoms with Gasteiger partial charge in [-0.3, -0.25) is 0 Å². The van der Waals surface area contributed by atoms with E-state index in [9.17, 15) is 0 Å². The van der Waals surface area contributed by atoms with Crippen LogP contribution in [-0.4, -0.2) is 34.6 Å². The minimum Gasteiger partial charge on any atom is -0.355 e. The highest BCUT2D eigenvalue weighted by atomic mass is 32.2. The topological polar surface area (TPSA) is 53.7 Å². The third-order valence-electron chi connectivity index (χ3n) is 4.58. The maximum Gasteiger partial charge on any atom is 0.179 e. The third kappa shape index (κ3) is 4.75. The van der Waals surface area contributed by atoms with Crippen molar-refractivity contribution in [2.24, 2.45) is 10.2 Å². The minimum absolute atomic E-state index is 0.544. The molecular formula is C22H23N5S. The van der Waals surface area contributed by atoms with Crippen LogP contribution in [-0.2, 0) is 6.54 Å². The molecule has 28 heavy (non-hydrogen) atoms. The predicted molar refractivity (Wildman–Crippen MR) is 116 cm³/mol. The zero-order valence-corrected chi connectivity index (χ0v) is 16.8. The van der Waals surface area contributed by atoms with E-state index in [-0.39, 0.29) is 0 Å². The molecule has 0 bridgehead atoms. The van der Waals surface area contributed by atoms with Crippen LogP contribution in [0.2, 0.25) is 0 Å². The van der Waals surface area contributed by atoms with Crippen LogP contribution >= 0.6 is 11.8 Å². The summed E-state index contributed by atoms with van der Waals surface area (Å²) in [4.78, 5) is 11.8. The first kappa shape index (κ1) is 18.6. The molecule has 0 atom stereocenters. The molecule has 0 N–H and O–H groups in total. The van der Waals surface area contributed by atoms with Crippen LogP contribution in [0.1, 0.15) is 11.1 Å². The van der Waals surface area contributed by atoms with E-state index >= 15 is 0 Å². The first-order valence-corrected chi connectivity index (χ1v) is 10.6. The fourth-order valence-electron chi connectivity index (χ4n) is 3.14. The van der Waals surface area contributed by atoms with Crippen molar-refractivity contribution in [3.8, 4) is 11.4 Å². The van der Waals surface area contributed by atoms with Gasteiger partial charge in [0.25, 0.3) is 0 Å². The second-order valence-corrected chi connectivity index (χ2v) is 7.99. The largest absolute Gasteiger partial charge is 0.355 e. The van der Waals surface area contributed by atoms with Crippen molar-refractivity contribution in [2.45, 2.75) is 13.5 Å². The highest BCUT2D eigenvalue weighted by Gasteiger charge is 2.15. The van der Waals surface area contributed by atoms with Crippen LogP contribution in [0.15, 0.2) is 70.9 Å². The summed E-state index contributed by atoms with van der Waals surface area (Å²) in [5, 5.41) is 8.80. The molecule has 1 aliphatic heterocycles. The molecule has 2 aromatic carbocycles. The van der Waals surface area contributed by atoms with Gasteiger partial charge >= 0.3 is 0 Å². The Morgan fingerprint density at radius 2 is 1.79 bits per heavy atom. The van der Waals surface area contributed by atoms with Crippen molar-refractivity contribution in [1.82, 2.24) is 9.97 Å². The fourth-order valence-corrected chi connectivity index (χ4v) is 4.05. The van der Waals surface area contributed by atoms with E-state index in [0.29, 0.717) is 18.2 Å². The van der Waals surface area contributed by atoms with Crippen LogP contribution in [0.4, 0.5) is 11.6 Å². The maximum atomic E-state index is 4.81.